The van der Waals surface area contributed by atoms with E-state index in [2.05, 4.69) is 31.4 Å². The zero-order valence-electron chi connectivity index (χ0n) is 12.8. The molecule has 2 fully saturated rings. The molecule has 1 saturated heterocycles. The monoisotopic (exact) mass is 266 g/mol. The van der Waals surface area contributed by atoms with Gasteiger partial charge in [-0.05, 0) is 51.6 Å². The van der Waals surface area contributed by atoms with Gasteiger partial charge in [-0.1, -0.05) is 33.1 Å². The number of hydrogen-bond donors (Lipinski definition) is 2. The number of rotatable bonds is 3. The maximum atomic E-state index is 12.7. The molecule has 2 N–H and O–H groups in total. The van der Waals surface area contributed by atoms with Crippen LogP contribution in [0.3, 0.4) is 0 Å². The van der Waals surface area contributed by atoms with Crippen LogP contribution in [0.1, 0.15) is 65.7 Å². The van der Waals surface area contributed by atoms with Crippen LogP contribution >= 0.6 is 0 Å². The number of piperidine rings is 1. The lowest BCUT2D eigenvalue weighted by atomic mass is 9.73. The van der Waals surface area contributed by atoms with Gasteiger partial charge in [-0.15, -0.1) is 0 Å². The summed E-state index contributed by atoms with van der Waals surface area (Å²) in [5.41, 5.74) is -0.220. The molecule has 110 valence electrons. The van der Waals surface area contributed by atoms with Crippen LogP contribution in [-0.4, -0.2) is 24.5 Å². The molecule has 1 atom stereocenters. The predicted octanol–water partition coefficient (Wildman–Crippen LogP) is 2.85. The fraction of sp³-hybridized carbons (Fsp3) is 0.938. The minimum Gasteiger partial charge on any atom is -0.350 e. The fourth-order valence-electron chi connectivity index (χ4n) is 3.55. The second-order valence-electron chi connectivity index (χ2n) is 7.34. The number of carbonyl (C=O) groups excluding carboxylic acids is 1. The van der Waals surface area contributed by atoms with Crippen molar-refractivity contribution in [2.24, 2.45) is 11.3 Å². The molecule has 0 aromatic rings. The number of hydrogen-bond acceptors (Lipinski definition) is 2. The molecular formula is C16H30N2O. The Morgan fingerprint density at radius 3 is 2.47 bits per heavy atom. The Hall–Kier alpha value is -0.570. The lowest BCUT2D eigenvalue weighted by Gasteiger charge is -2.41. The molecule has 1 unspecified atom stereocenters. The first-order chi connectivity index (χ1) is 8.94. The first-order valence-corrected chi connectivity index (χ1v) is 7.97. The second kappa shape index (κ2) is 5.82. The van der Waals surface area contributed by atoms with Crippen molar-refractivity contribution in [3.8, 4) is 0 Å². The van der Waals surface area contributed by atoms with E-state index in [-0.39, 0.29) is 16.9 Å². The van der Waals surface area contributed by atoms with Crippen LogP contribution in [0.2, 0.25) is 0 Å². The van der Waals surface area contributed by atoms with E-state index >= 15 is 0 Å². The van der Waals surface area contributed by atoms with Crippen molar-refractivity contribution in [3.05, 3.63) is 0 Å². The van der Waals surface area contributed by atoms with Gasteiger partial charge in [0.1, 0.15) is 0 Å². The predicted molar refractivity (Wildman–Crippen MR) is 79.0 cm³/mol. The molecule has 1 aliphatic carbocycles. The average Bonchev–Trinajstić information content (AvgIpc) is 2.40. The number of amides is 1. The Morgan fingerprint density at radius 1 is 1.21 bits per heavy atom. The summed E-state index contributed by atoms with van der Waals surface area (Å²) in [7, 11) is 0. The fourth-order valence-corrected chi connectivity index (χ4v) is 3.55. The molecule has 0 aromatic heterocycles. The first-order valence-electron chi connectivity index (χ1n) is 7.97. The molecule has 0 radical (unpaired) electrons. The van der Waals surface area contributed by atoms with Crippen LogP contribution in [-0.2, 0) is 4.79 Å². The zero-order chi connectivity index (χ0) is 13.9. The highest BCUT2D eigenvalue weighted by molar-refractivity contribution is 5.83. The minimum atomic E-state index is -0.256. The van der Waals surface area contributed by atoms with Crippen molar-refractivity contribution in [1.82, 2.24) is 10.6 Å². The normalized spacial score (nSPS) is 27.8. The maximum Gasteiger partial charge on any atom is 0.226 e. The van der Waals surface area contributed by atoms with Crippen molar-refractivity contribution in [2.75, 3.05) is 13.1 Å². The van der Waals surface area contributed by atoms with Crippen LogP contribution in [0, 0.1) is 11.3 Å². The Kier molecular flexibility index (Phi) is 4.54. The molecule has 3 heteroatoms. The standard InChI is InChI=1S/C16H30N2O/c1-15(2,13-8-7-11-17-12-13)14(19)18-16(3)9-5-4-6-10-16/h13,17H,4-12H2,1-3H3,(H,18,19). The third kappa shape index (κ3) is 3.50. The molecular weight excluding hydrogens is 236 g/mol. The number of nitrogens with one attached hydrogen (secondary N) is 2. The van der Waals surface area contributed by atoms with E-state index in [0.29, 0.717) is 5.92 Å². The van der Waals surface area contributed by atoms with Gasteiger partial charge in [0.15, 0.2) is 0 Å². The first kappa shape index (κ1) is 14.8. The summed E-state index contributed by atoms with van der Waals surface area (Å²) in [6.45, 7) is 8.54. The van der Waals surface area contributed by atoms with E-state index in [1.54, 1.807) is 0 Å². The minimum absolute atomic E-state index is 0.0364. The van der Waals surface area contributed by atoms with E-state index in [9.17, 15) is 4.79 Å². The van der Waals surface area contributed by atoms with Crippen molar-refractivity contribution in [3.63, 3.8) is 0 Å². The van der Waals surface area contributed by atoms with Gasteiger partial charge in [0.05, 0.1) is 0 Å². The van der Waals surface area contributed by atoms with Crippen LogP contribution in [0.25, 0.3) is 0 Å². The van der Waals surface area contributed by atoms with Crippen LogP contribution < -0.4 is 10.6 Å². The lowest BCUT2D eigenvalue weighted by molar-refractivity contribution is -0.134. The molecule has 2 aliphatic rings. The molecule has 0 bridgehead atoms. The van der Waals surface area contributed by atoms with E-state index in [1.807, 2.05) is 0 Å². The Bertz CT molecular complexity index is 313. The summed E-state index contributed by atoms with van der Waals surface area (Å²) in [5.74, 6) is 0.721. The van der Waals surface area contributed by atoms with Gasteiger partial charge < -0.3 is 10.6 Å². The van der Waals surface area contributed by atoms with Gasteiger partial charge in [0.2, 0.25) is 5.91 Å². The van der Waals surface area contributed by atoms with Crippen LogP contribution in [0.15, 0.2) is 0 Å². The van der Waals surface area contributed by atoms with Crippen molar-refractivity contribution in [1.29, 1.82) is 0 Å². The summed E-state index contributed by atoms with van der Waals surface area (Å²) in [5, 5.41) is 6.80. The van der Waals surface area contributed by atoms with E-state index < -0.39 is 0 Å². The summed E-state index contributed by atoms with van der Waals surface area (Å²) in [4.78, 5) is 12.7. The summed E-state index contributed by atoms with van der Waals surface area (Å²) in [6, 6.07) is 0. The van der Waals surface area contributed by atoms with Gasteiger partial charge in [0, 0.05) is 11.0 Å². The Labute approximate surface area is 117 Å². The molecule has 1 saturated carbocycles. The van der Waals surface area contributed by atoms with Gasteiger partial charge >= 0.3 is 0 Å². The zero-order valence-corrected chi connectivity index (χ0v) is 12.8. The molecule has 1 amide bonds. The van der Waals surface area contributed by atoms with Crippen LogP contribution in [0.5, 0.6) is 0 Å². The maximum absolute atomic E-state index is 12.7. The van der Waals surface area contributed by atoms with E-state index in [4.69, 9.17) is 0 Å². The molecule has 0 spiro atoms. The molecule has 1 aliphatic heterocycles. The van der Waals surface area contributed by atoms with Crippen molar-refractivity contribution >= 4 is 5.91 Å². The topological polar surface area (TPSA) is 41.1 Å². The van der Waals surface area contributed by atoms with E-state index in [0.717, 1.165) is 25.9 Å². The van der Waals surface area contributed by atoms with Crippen molar-refractivity contribution in [2.45, 2.75) is 71.3 Å². The van der Waals surface area contributed by atoms with Gasteiger partial charge in [-0.3, -0.25) is 4.79 Å². The smallest absolute Gasteiger partial charge is 0.226 e. The molecule has 2 rings (SSSR count). The summed E-state index contributed by atoms with van der Waals surface area (Å²) < 4.78 is 0. The SMILES string of the molecule is CC1(NC(=O)C(C)(C)C2CCCNC2)CCCCC1. The molecule has 1 heterocycles. The number of carbonyl (C=O) groups is 1. The highest BCUT2D eigenvalue weighted by Gasteiger charge is 2.40. The molecule has 0 aromatic carbocycles. The summed E-state index contributed by atoms with van der Waals surface area (Å²) in [6.07, 6.45) is 8.46. The molecule has 19 heavy (non-hydrogen) atoms. The Morgan fingerprint density at radius 2 is 1.89 bits per heavy atom. The molecule has 3 nitrogen and oxygen atoms in total. The van der Waals surface area contributed by atoms with Gasteiger partial charge in [-0.25, -0.2) is 0 Å². The highest BCUT2D eigenvalue weighted by atomic mass is 16.2. The largest absolute Gasteiger partial charge is 0.350 e. The summed E-state index contributed by atoms with van der Waals surface area (Å²) >= 11 is 0. The van der Waals surface area contributed by atoms with Gasteiger partial charge in [-0.2, -0.15) is 0 Å². The van der Waals surface area contributed by atoms with Crippen molar-refractivity contribution < 1.29 is 4.79 Å². The average molecular weight is 266 g/mol. The highest BCUT2D eigenvalue weighted by Crippen LogP contribution is 2.34. The second-order valence-corrected chi connectivity index (χ2v) is 7.34. The van der Waals surface area contributed by atoms with E-state index in [1.165, 1.54) is 32.1 Å². The van der Waals surface area contributed by atoms with Gasteiger partial charge in [0.25, 0.3) is 0 Å². The Balaban J connectivity index is 1.97. The van der Waals surface area contributed by atoms with Crippen LogP contribution in [0.4, 0.5) is 0 Å². The third-order valence-corrected chi connectivity index (χ3v) is 5.28. The lowest BCUT2D eigenvalue weighted by Crippen LogP contribution is -2.54. The third-order valence-electron chi connectivity index (χ3n) is 5.28. The quantitative estimate of drug-likeness (QED) is 0.824.